The Labute approximate surface area is 145 Å². The first kappa shape index (κ1) is 16.4. The van der Waals surface area contributed by atoms with Gasteiger partial charge in [-0.3, -0.25) is 4.79 Å². The van der Waals surface area contributed by atoms with Gasteiger partial charge in [0.05, 0.1) is 16.4 Å². The largest absolute Gasteiger partial charge is 0.347 e. The van der Waals surface area contributed by atoms with E-state index in [-0.39, 0.29) is 5.91 Å². The lowest BCUT2D eigenvalue weighted by atomic mass is 10.2. The quantitative estimate of drug-likeness (QED) is 0.747. The number of thiazole rings is 1. The highest BCUT2D eigenvalue weighted by Crippen LogP contribution is 2.19. The fraction of sp³-hybridized carbons (Fsp3) is 0.278. The Morgan fingerprint density at radius 1 is 1.29 bits per heavy atom. The Hall–Kier alpha value is -2.47. The lowest BCUT2D eigenvalue weighted by Gasteiger charge is -2.06. The summed E-state index contributed by atoms with van der Waals surface area (Å²) in [5, 5.41) is 8.20. The van der Waals surface area contributed by atoms with Crippen molar-refractivity contribution in [2.45, 2.75) is 33.2 Å². The zero-order valence-electron chi connectivity index (χ0n) is 13.8. The summed E-state index contributed by atoms with van der Waals surface area (Å²) in [5.74, 6) is -0.0523. The van der Waals surface area contributed by atoms with Crippen molar-refractivity contribution in [1.29, 1.82) is 0 Å². The smallest absolute Gasteiger partial charge is 0.263 e. The number of carbonyl (C=O) groups excluding carboxylic acids is 1. The first-order valence-electron chi connectivity index (χ1n) is 8.01. The molecular formula is C18H20N4OS. The average Bonchev–Trinajstić information content (AvgIpc) is 3.23. The molecule has 0 bridgehead atoms. The minimum Gasteiger partial charge on any atom is -0.347 e. The van der Waals surface area contributed by atoms with Gasteiger partial charge in [0.15, 0.2) is 0 Å². The number of carbonyl (C=O) groups is 1. The van der Waals surface area contributed by atoms with Crippen molar-refractivity contribution < 1.29 is 4.79 Å². The highest BCUT2D eigenvalue weighted by molar-refractivity contribution is 7.13. The van der Waals surface area contributed by atoms with Gasteiger partial charge < -0.3 is 5.32 Å². The molecule has 5 nitrogen and oxygen atoms in total. The molecular weight excluding hydrogens is 320 g/mol. The predicted molar refractivity (Wildman–Crippen MR) is 95.6 cm³/mol. The molecule has 2 aromatic heterocycles. The van der Waals surface area contributed by atoms with Crippen molar-refractivity contribution in [2.24, 2.45) is 0 Å². The van der Waals surface area contributed by atoms with Crippen LogP contribution in [0.4, 0.5) is 0 Å². The zero-order chi connectivity index (χ0) is 16.9. The predicted octanol–water partition coefficient (Wildman–Crippen LogP) is 3.52. The molecule has 6 heteroatoms. The minimum absolute atomic E-state index is 0.0523. The summed E-state index contributed by atoms with van der Waals surface area (Å²) in [5.41, 5.74) is 2.86. The third kappa shape index (κ3) is 3.71. The monoisotopic (exact) mass is 340 g/mol. The number of hydrogen-bond acceptors (Lipinski definition) is 4. The topological polar surface area (TPSA) is 59.8 Å². The summed E-state index contributed by atoms with van der Waals surface area (Å²) in [6.45, 7) is 4.51. The van der Waals surface area contributed by atoms with Gasteiger partial charge in [-0.05, 0) is 43.5 Å². The fourth-order valence-electron chi connectivity index (χ4n) is 2.43. The van der Waals surface area contributed by atoms with Crippen LogP contribution in [0.3, 0.4) is 0 Å². The first-order chi connectivity index (χ1) is 11.7. The SMILES string of the molecule is CCCc1nc(C)c(C(=O)NCc2ccc(-n3cccn3)cc2)s1. The van der Waals surface area contributed by atoms with Crippen molar-refractivity contribution in [2.75, 3.05) is 0 Å². The van der Waals surface area contributed by atoms with Gasteiger partial charge in [0, 0.05) is 18.9 Å². The molecule has 1 aromatic carbocycles. The molecule has 24 heavy (non-hydrogen) atoms. The maximum Gasteiger partial charge on any atom is 0.263 e. The number of benzene rings is 1. The van der Waals surface area contributed by atoms with Crippen LogP contribution >= 0.6 is 11.3 Å². The summed E-state index contributed by atoms with van der Waals surface area (Å²) < 4.78 is 1.80. The van der Waals surface area contributed by atoms with Gasteiger partial charge in [-0.2, -0.15) is 5.10 Å². The lowest BCUT2D eigenvalue weighted by Crippen LogP contribution is -2.22. The number of aryl methyl sites for hydroxylation is 2. The van der Waals surface area contributed by atoms with Crippen molar-refractivity contribution >= 4 is 17.2 Å². The van der Waals surface area contributed by atoms with Crippen molar-refractivity contribution in [3.8, 4) is 5.69 Å². The van der Waals surface area contributed by atoms with Crippen LogP contribution in [0.15, 0.2) is 42.7 Å². The van der Waals surface area contributed by atoms with Crippen LogP contribution in [0.1, 0.15) is 39.3 Å². The van der Waals surface area contributed by atoms with Gasteiger partial charge in [-0.1, -0.05) is 19.1 Å². The number of aromatic nitrogens is 3. The molecule has 0 aliphatic carbocycles. The second-order valence-corrected chi connectivity index (χ2v) is 6.66. The van der Waals surface area contributed by atoms with Crippen LogP contribution in [0, 0.1) is 6.92 Å². The van der Waals surface area contributed by atoms with Crippen LogP contribution in [0.5, 0.6) is 0 Å². The summed E-state index contributed by atoms with van der Waals surface area (Å²) in [4.78, 5) is 17.5. The van der Waals surface area contributed by atoms with Gasteiger partial charge in [0.25, 0.3) is 5.91 Å². The van der Waals surface area contributed by atoms with E-state index in [0.29, 0.717) is 11.4 Å². The molecule has 0 aliphatic heterocycles. The Morgan fingerprint density at radius 2 is 2.08 bits per heavy atom. The molecule has 2 heterocycles. The summed E-state index contributed by atoms with van der Waals surface area (Å²) in [6, 6.07) is 9.87. The zero-order valence-corrected chi connectivity index (χ0v) is 14.6. The Kier molecular flexibility index (Phi) is 5.05. The molecule has 0 fully saturated rings. The van der Waals surface area contributed by atoms with E-state index in [2.05, 4.69) is 22.3 Å². The molecule has 3 aromatic rings. The van der Waals surface area contributed by atoms with Crippen LogP contribution in [0.2, 0.25) is 0 Å². The van der Waals surface area contributed by atoms with E-state index in [1.807, 2.05) is 43.5 Å². The van der Waals surface area contributed by atoms with Crippen molar-refractivity contribution in [3.63, 3.8) is 0 Å². The standard InChI is InChI=1S/C18H20N4OS/c1-3-5-16-21-13(2)17(24-16)18(23)19-12-14-6-8-15(9-7-14)22-11-4-10-20-22/h4,6-11H,3,5,12H2,1-2H3,(H,19,23). The number of hydrogen-bond donors (Lipinski definition) is 1. The van der Waals surface area contributed by atoms with Crippen LogP contribution in [0.25, 0.3) is 5.69 Å². The van der Waals surface area contributed by atoms with E-state index >= 15 is 0 Å². The molecule has 0 spiro atoms. The normalized spacial score (nSPS) is 10.8. The van der Waals surface area contributed by atoms with Gasteiger partial charge in [-0.25, -0.2) is 9.67 Å². The Bertz CT molecular complexity index is 806. The van der Waals surface area contributed by atoms with E-state index in [1.54, 1.807) is 10.9 Å². The summed E-state index contributed by atoms with van der Waals surface area (Å²) in [6.07, 6.45) is 5.61. The van der Waals surface area contributed by atoms with Gasteiger partial charge >= 0.3 is 0 Å². The van der Waals surface area contributed by atoms with E-state index in [4.69, 9.17) is 0 Å². The average molecular weight is 340 g/mol. The number of amides is 1. The van der Waals surface area contributed by atoms with E-state index < -0.39 is 0 Å². The second kappa shape index (κ2) is 7.40. The van der Waals surface area contributed by atoms with Gasteiger partial charge in [0.2, 0.25) is 0 Å². The lowest BCUT2D eigenvalue weighted by molar-refractivity contribution is 0.0954. The number of nitrogens with one attached hydrogen (secondary N) is 1. The van der Waals surface area contributed by atoms with Crippen LogP contribution in [-0.4, -0.2) is 20.7 Å². The maximum absolute atomic E-state index is 12.4. The highest BCUT2D eigenvalue weighted by Gasteiger charge is 2.14. The van der Waals surface area contributed by atoms with Crippen molar-refractivity contribution in [1.82, 2.24) is 20.1 Å². The van der Waals surface area contributed by atoms with E-state index in [9.17, 15) is 4.79 Å². The van der Waals surface area contributed by atoms with Gasteiger partial charge in [-0.15, -0.1) is 11.3 Å². The third-order valence-electron chi connectivity index (χ3n) is 3.67. The summed E-state index contributed by atoms with van der Waals surface area (Å²) in [7, 11) is 0. The molecule has 0 unspecified atom stereocenters. The third-order valence-corrected chi connectivity index (χ3v) is 4.89. The van der Waals surface area contributed by atoms with E-state index in [1.165, 1.54) is 11.3 Å². The fourth-order valence-corrected chi connectivity index (χ4v) is 3.52. The number of nitrogens with zero attached hydrogens (tertiary/aromatic N) is 3. The highest BCUT2D eigenvalue weighted by atomic mass is 32.1. The molecule has 0 aliphatic rings. The Balaban J connectivity index is 1.62. The molecule has 1 amide bonds. The molecule has 124 valence electrons. The molecule has 0 radical (unpaired) electrons. The van der Waals surface area contributed by atoms with Crippen LogP contribution < -0.4 is 5.32 Å². The minimum atomic E-state index is -0.0523. The van der Waals surface area contributed by atoms with E-state index in [0.717, 1.165) is 34.8 Å². The second-order valence-electron chi connectivity index (χ2n) is 5.57. The Morgan fingerprint density at radius 3 is 2.75 bits per heavy atom. The molecule has 0 saturated heterocycles. The molecule has 3 rings (SSSR count). The molecule has 0 saturated carbocycles. The summed E-state index contributed by atoms with van der Waals surface area (Å²) >= 11 is 1.49. The first-order valence-corrected chi connectivity index (χ1v) is 8.82. The van der Waals surface area contributed by atoms with Crippen LogP contribution in [-0.2, 0) is 13.0 Å². The van der Waals surface area contributed by atoms with Gasteiger partial charge in [0.1, 0.15) is 4.88 Å². The number of rotatable bonds is 6. The maximum atomic E-state index is 12.4. The molecule has 0 atom stereocenters. The van der Waals surface area contributed by atoms with Crippen molar-refractivity contribution in [3.05, 3.63) is 63.9 Å². The molecule has 1 N–H and O–H groups in total.